The van der Waals surface area contributed by atoms with Gasteiger partial charge in [0.2, 0.25) is 11.7 Å². The van der Waals surface area contributed by atoms with Crippen molar-refractivity contribution in [1.82, 2.24) is 34.0 Å². The van der Waals surface area contributed by atoms with E-state index in [1.807, 2.05) is 26.8 Å². The van der Waals surface area contributed by atoms with E-state index in [2.05, 4.69) is 20.4 Å². The predicted octanol–water partition coefficient (Wildman–Crippen LogP) is 5.27. The molecule has 1 aliphatic carbocycles. The van der Waals surface area contributed by atoms with Gasteiger partial charge >= 0.3 is 6.18 Å². The van der Waals surface area contributed by atoms with Crippen LogP contribution in [0.25, 0.3) is 11.4 Å². The van der Waals surface area contributed by atoms with Crippen LogP contribution in [0.15, 0.2) is 35.4 Å². The Kier molecular flexibility index (Phi) is 8.68. The van der Waals surface area contributed by atoms with E-state index in [1.165, 1.54) is 10.8 Å². The molecule has 1 fully saturated rings. The minimum Gasteiger partial charge on any atom is -0.504 e. The van der Waals surface area contributed by atoms with E-state index in [-0.39, 0.29) is 64.7 Å². The maximum atomic E-state index is 14.5. The van der Waals surface area contributed by atoms with Gasteiger partial charge in [0, 0.05) is 29.8 Å². The van der Waals surface area contributed by atoms with Crippen molar-refractivity contribution in [3.63, 3.8) is 0 Å². The Morgan fingerprint density at radius 2 is 1.90 bits per heavy atom. The van der Waals surface area contributed by atoms with Crippen molar-refractivity contribution >= 4 is 40.5 Å². The van der Waals surface area contributed by atoms with Crippen LogP contribution in [0, 0.1) is 6.92 Å². The van der Waals surface area contributed by atoms with Gasteiger partial charge in [-0.2, -0.15) is 22.7 Å². The molecule has 2 aliphatic heterocycles. The molecule has 2 N–H and O–H groups in total. The number of aromatic nitrogens is 6. The number of carbonyl (C=O) groups excluding carboxylic acids is 2. The highest BCUT2D eigenvalue weighted by Gasteiger charge is 2.49. The molecule has 3 aromatic heterocycles. The van der Waals surface area contributed by atoms with Gasteiger partial charge in [0.1, 0.15) is 12.9 Å². The van der Waals surface area contributed by atoms with Gasteiger partial charge in [-0.25, -0.2) is 9.97 Å². The van der Waals surface area contributed by atoms with E-state index in [0.29, 0.717) is 49.4 Å². The number of alkyl halides is 3. The maximum Gasteiger partial charge on any atom is 0.416 e. The molecule has 1 spiro atoms. The SMILES string of the molecule is Cc1ncnc(C(=O)N2CCC3(CC2)CC(C)c2c3c(=O)n3nc(C4=CC(C)(C)OCC4)nc3n2CC(=O)Nc2ccc(C(F)(F)F)cc2Cl)c1O. The molecule has 5 heterocycles. The topological polar surface area (TPSA) is 157 Å². The second-order valence-corrected chi connectivity index (χ2v) is 14.7. The molecule has 1 aromatic carbocycles. The number of benzene rings is 1. The maximum absolute atomic E-state index is 14.5. The molecule has 17 heteroatoms. The first-order chi connectivity index (χ1) is 24.5. The van der Waals surface area contributed by atoms with Gasteiger partial charge in [-0.15, -0.1) is 5.10 Å². The Balaban J connectivity index is 1.28. The Labute approximate surface area is 300 Å². The summed E-state index contributed by atoms with van der Waals surface area (Å²) in [5.74, 6) is -1.07. The monoisotopic (exact) mass is 740 g/mol. The Hall–Kier alpha value is -4.83. The quantitative estimate of drug-likeness (QED) is 0.278. The Bertz CT molecular complexity index is 2220. The summed E-state index contributed by atoms with van der Waals surface area (Å²) in [7, 11) is 0. The second kappa shape index (κ2) is 12.7. The minimum atomic E-state index is -4.61. The van der Waals surface area contributed by atoms with E-state index in [1.54, 1.807) is 16.4 Å². The molecule has 3 aliphatic rings. The molecule has 4 aromatic rings. The lowest BCUT2D eigenvalue weighted by Crippen LogP contribution is -2.46. The first-order valence-corrected chi connectivity index (χ1v) is 17.2. The van der Waals surface area contributed by atoms with Gasteiger partial charge in [0.15, 0.2) is 17.3 Å². The molecule has 2 amide bonds. The van der Waals surface area contributed by atoms with Crippen molar-refractivity contribution in [2.24, 2.45) is 0 Å². The number of rotatable bonds is 5. The van der Waals surface area contributed by atoms with Crippen molar-refractivity contribution in [2.75, 3.05) is 25.0 Å². The summed E-state index contributed by atoms with van der Waals surface area (Å²) < 4.78 is 48.5. The van der Waals surface area contributed by atoms with Gasteiger partial charge in [-0.05, 0) is 82.2 Å². The molecule has 0 radical (unpaired) electrons. The van der Waals surface area contributed by atoms with E-state index < -0.39 is 34.6 Å². The summed E-state index contributed by atoms with van der Waals surface area (Å²) in [6.45, 7) is 7.99. The largest absolute Gasteiger partial charge is 0.504 e. The molecule has 13 nitrogen and oxygen atoms in total. The number of fused-ring (bicyclic) bond motifs is 3. The van der Waals surface area contributed by atoms with E-state index >= 15 is 0 Å². The fourth-order valence-corrected chi connectivity index (χ4v) is 8.01. The zero-order valence-electron chi connectivity index (χ0n) is 28.8. The zero-order chi connectivity index (χ0) is 37.3. The average molecular weight is 741 g/mol. The summed E-state index contributed by atoms with van der Waals surface area (Å²) in [4.78, 5) is 55.9. The minimum absolute atomic E-state index is 0.00315. The lowest BCUT2D eigenvalue weighted by Gasteiger charge is -2.39. The van der Waals surface area contributed by atoms with E-state index in [4.69, 9.17) is 21.3 Å². The number of hydrogen-bond acceptors (Lipinski definition) is 9. The normalized spacial score (nSPS) is 19.5. The molecule has 1 saturated heterocycles. The molecular weight excluding hydrogens is 705 g/mol. The molecular formula is C35H36ClF3N8O5. The lowest BCUT2D eigenvalue weighted by atomic mass is 9.73. The van der Waals surface area contributed by atoms with Crippen LogP contribution in [-0.2, 0) is 27.7 Å². The third-order valence-corrected chi connectivity index (χ3v) is 10.5. The summed E-state index contributed by atoms with van der Waals surface area (Å²) >= 11 is 6.16. The molecule has 0 bridgehead atoms. The van der Waals surface area contributed by atoms with Gasteiger partial charge < -0.3 is 24.6 Å². The van der Waals surface area contributed by atoms with Crippen LogP contribution in [0.5, 0.6) is 5.75 Å². The second-order valence-electron chi connectivity index (χ2n) is 14.2. The van der Waals surface area contributed by atoms with Crippen molar-refractivity contribution in [3.8, 4) is 5.75 Å². The number of aryl methyl sites for hydroxylation is 1. The molecule has 0 saturated carbocycles. The Morgan fingerprint density at radius 1 is 1.17 bits per heavy atom. The summed E-state index contributed by atoms with van der Waals surface area (Å²) in [6, 6.07) is 2.68. The molecule has 1 unspecified atom stereocenters. The van der Waals surface area contributed by atoms with Crippen molar-refractivity contribution < 1.29 is 32.6 Å². The number of likely N-dealkylation sites (tertiary alicyclic amines) is 1. The molecule has 1 atom stereocenters. The molecule has 52 heavy (non-hydrogen) atoms. The molecule has 7 rings (SSSR count). The zero-order valence-corrected chi connectivity index (χ0v) is 29.6. The summed E-state index contributed by atoms with van der Waals surface area (Å²) in [5, 5.41) is 17.5. The summed E-state index contributed by atoms with van der Waals surface area (Å²) in [6.07, 6.45) is 0.428. The number of nitrogens with zero attached hydrogens (tertiary/aromatic N) is 7. The lowest BCUT2D eigenvalue weighted by molar-refractivity contribution is -0.137. The van der Waals surface area contributed by atoms with Crippen LogP contribution in [0.4, 0.5) is 18.9 Å². The van der Waals surface area contributed by atoms with E-state index in [0.717, 1.165) is 23.8 Å². The predicted molar refractivity (Wildman–Crippen MR) is 183 cm³/mol. The highest BCUT2D eigenvalue weighted by atomic mass is 35.5. The fourth-order valence-electron chi connectivity index (χ4n) is 7.79. The van der Waals surface area contributed by atoms with Crippen LogP contribution < -0.4 is 10.9 Å². The number of anilines is 1. The number of amides is 2. The van der Waals surface area contributed by atoms with Crippen molar-refractivity contribution in [2.45, 2.75) is 83.0 Å². The standard InChI is InChI=1S/C35H36ClF3N8O5/c1-18-14-34(8-10-45(11-9-34)31(51)26-28(49)19(2)40-17-41-26)25-27(18)46(16-24(48)42-23-6-5-21(13-22(23)36)35(37,38)39)32-43-29(44-47(32)30(25)50)20-7-12-52-33(3,4)15-20/h5-6,13,15,17-18,49H,7-12,14,16H2,1-4H3,(H,42,48). The fraction of sp³-hybridized carbons (Fsp3) is 0.457. The van der Waals surface area contributed by atoms with Gasteiger partial charge in [0.25, 0.3) is 11.5 Å². The third kappa shape index (κ3) is 6.21. The van der Waals surface area contributed by atoms with Crippen LogP contribution >= 0.6 is 11.6 Å². The Morgan fingerprint density at radius 3 is 2.58 bits per heavy atom. The molecule has 274 valence electrons. The number of hydrogen-bond donors (Lipinski definition) is 2. The number of aromatic hydroxyl groups is 1. The van der Waals surface area contributed by atoms with Crippen molar-refractivity contribution in [3.05, 3.63) is 80.0 Å². The third-order valence-electron chi connectivity index (χ3n) is 10.2. The van der Waals surface area contributed by atoms with Crippen molar-refractivity contribution in [1.29, 1.82) is 0 Å². The van der Waals surface area contributed by atoms with Crippen LogP contribution in [0.3, 0.4) is 0 Å². The van der Waals surface area contributed by atoms with Crippen LogP contribution in [0.1, 0.15) is 91.2 Å². The number of ether oxygens (including phenoxy) is 1. The first-order valence-electron chi connectivity index (χ1n) is 16.8. The highest BCUT2D eigenvalue weighted by Crippen LogP contribution is 2.50. The number of carbonyl (C=O) groups is 2. The number of piperidine rings is 1. The van der Waals surface area contributed by atoms with Crippen LogP contribution in [-0.4, -0.2) is 76.3 Å². The van der Waals surface area contributed by atoms with Crippen LogP contribution in [0.2, 0.25) is 5.02 Å². The van der Waals surface area contributed by atoms with Gasteiger partial charge in [-0.3, -0.25) is 14.4 Å². The highest BCUT2D eigenvalue weighted by molar-refractivity contribution is 6.33. The average Bonchev–Trinajstić information content (AvgIpc) is 3.64. The van der Waals surface area contributed by atoms with Gasteiger partial charge in [-0.1, -0.05) is 18.5 Å². The number of halogens is 4. The first kappa shape index (κ1) is 35.6. The smallest absolute Gasteiger partial charge is 0.416 e. The van der Waals surface area contributed by atoms with E-state index in [9.17, 15) is 32.7 Å². The number of nitrogens with one attached hydrogen (secondary N) is 1. The van der Waals surface area contributed by atoms with Gasteiger partial charge in [0.05, 0.1) is 34.2 Å². The summed E-state index contributed by atoms with van der Waals surface area (Å²) in [5.41, 5.74) is -0.509.